The van der Waals surface area contributed by atoms with Gasteiger partial charge in [0.2, 0.25) is 0 Å². The van der Waals surface area contributed by atoms with Gasteiger partial charge in [-0.1, -0.05) is 31.9 Å². The van der Waals surface area contributed by atoms with Gasteiger partial charge in [-0.3, -0.25) is 0 Å². The molecule has 0 atom stereocenters. The van der Waals surface area contributed by atoms with Gasteiger partial charge in [0.25, 0.3) is 0 Å². The summed E-state index contributed by atoms with van der Waals surface area (Å²) in [4.78, 5) is 0. The van der Waals surface area contributed by atoms with E-state index in [0.717, 1.165) is 5.75 Å². The second kappa shape index (κ2) is 7.09. The summed E-state index contributed by atoms with van der Waals surface area (Å²) in [5.74, 6) is 0.879. The summed E-state index contributed by atoms with van der Waals surface area (Å²) in [6.45, 7) is 2.20. The highest BCUT2D eigenvalue weighted by Crippen LogP contribution is 1.94. The van der Waals surface area contributed by atoms with Gasteiger partial charge in [-0.15, -0.1) is 0 Å². The molecular formula is C7H14S. The van der Waals surface area contributed by atoms with E-state index in [2.05, 4.69) is 31.7 Å². The Balaban J connectivity index is 2.80. The van der Waals surface area contributed by atoms with Crippen molar-refractivity contribution in [2.45, 2.75) is 26.2 Å². The molecular weight excluding hydrogens is 116 g/mol. The van der Waals surface area contributed by atoms with Gasteiger partial charge in [-0.25, -0.2) is 0 Å². The molecule has 0 aromatic carbocycles. The molecule has 0 N–H and O–H groups in total. The number of rotatable bonds is 4. The molecule has 0 aliphatic carbocycles. The zero-order valence-electron chi connectivity index (χ0n) is 5.43. The first-order valence-corrected chi connectivity index (χ1v) is 3.81. The molecule has 0 saturated carbocycles. The lowest BCUT2D eigenvalue weighted by Gasteiger charge is -1.85. The highest BCUT2D eigenvalue weighted by atomic mass is 32.1. The monoisotopic (exact) mass is 130 g/mol. The maximum absolute atomic E-state index is 4.04. The summed E-state index contributed by atoms with van der Waals surface area (Å²) in [7, 11) is 0. The van der Waals surface area contributed by atoms with Gasteiger partial charge in [0.1, 0.15) is 0 Å². The lowest BCUT2D eigenvalue weighted by Crippen LogP contribution is -1.66. The molecule has 8 heavy (non-hydrogen) atoms. The van der Waals surface area contributed by atoms with Crippen LogP contribution in [0.15, 0.2) is 12.2 Å². The van der Waals surface area contributed by atoms with E-state index in [1.165, 1.54) is 19.3 Å². The lowest BCUT2D eigenvalue weighted by molar-refractivity contribution is 0.814. The molecule has 1 heteroatoms. The molecule has 0 heterocycles. The quantitative estimate of drug-likeness (QED) is 0.337. The van der Waals surface area contributed by atoms with Gasteiger partial charge in [0.05, 0.1) is 0 Å². The van der Waals surface area contributed by atoms with Crippen LogP contribution in [0.3, 0.4) is 0 Å². The lowest BCUT2D eigenvalue weighted by atomic mass is 10.2. The van der Waals surface area contributed by atoms with Crippen LogP contribution in [-0.2, 0) is 0 Å². The number of unbranched alkanes of at least 4 members (excludes halogenated alkanes) is 2. The number of allylic oxidation sites excluding steroid dienone is 1. The Kier molecular flexibility index (Phi) is 7.17. The molecule has 0 nitrogen and oxygen atoms in total. The van der Waals surface area contributed by atoms with Crippen LogP contribution in [0.2, 0.25) is 0 Å². The fourth-order valence-electron chi connectivity index (χ4n) is 0.514. The van der Waals surface area contributed by atoms with Crippen LogP contribution in [0.1, 0.15) is 26.2 Å². The van der Waals surface area contributed by atoms with Crippen molar-refractivity contribution < 1.29 is 0 Å². The van der Waals surface area contributed by atoms with Crippen molar-refractivity contribution in [2.24, 2.45) is 0 Å². The van der Waals surface area contributed by atoms with Gasteiger partial charge in [0.15, 0.2) is 0 Å². The van der Waals surface area contributed by atoms with E-state index in [1.807, 2.05) is 0 Å². The minimum atomic E-state index is 0.879. The van der Waals surface area contributed by atoms with E-state index in [9.17, 15) is 0 Å². The molecule has 0 aromatic heterocycles. The Morgan fingerprint density at radius 2 is 2.12 bits per heavy atom. The maximum Gasteiger partial charge on any atom is 0.00825 e. The van der Waals surface area contributed by atoms with Gasteiger partial charge >= 0.3 is 0 Å². The normalized spacial score (nSPS) is 10.8. The summed E-state index contributed by atoms with van der Waals surface area (Å²) < 4.78 is 0. The van der Waals surface area contributed by atoms with Crippen LogP contribution in [0.4, 0.5) is 0 Å². The molecule has 0 unspecified atom stereocenters. The number of hydrogen-bond donors (Lipinski definition) is 1. The predicted molar refractivity (Wildman–Crippen MR) is 42.5 cm³/mol. The van der Waals surface area contributed by atoms with Crippen molar-refractivity contribution >= 4 is 12.6 Å². The van der Waals surface area contributed by atoms with Crippen LogP contribution in [-0.4, -0.2) is 5.75 Å². The predicted octanol–water partition coefficient (Wildman–Crippen LogP) is 2.66. The largest absolute Gasteiger partial charge is 0.175 e. The van der Waals surface area contributed by atoms with Crippen molar-refractivity contribution in [2.75, 3.05) is 5.75 Å². The summed E-state index contributed by atoms with van der Waals surface area (Å²) in [6, 6.07) is 0. The van der Waals surface area contributed by atoms with Gasteiger partial charge in [-0.2, -0.15) is 12.6 Å². The third-order valence-corrected chi connectivity index (χ3v) is 1.21. The summed E-state index contributed by atoms with van der Waals surface area (Å²) in [5.41, 5.74) is 0. The fourth-order valence-corrected chi connectivity index (χ4v) is 0.663. The van der Waals surface area contributed by atoms with Crippen LogP contribution < -0.4 is 0 Å². The highest BCUT2D eigenvalue weighted by molar-refractivity contribution is 7.80. The molecule has 0 aliphatic rings. The molecule has 0 radical (unpaired) electrons. The molecule has 0 rings (SSSR count). The second-order valence-corrected chi connectivity index (χ2v) is 2.16. The first-order valence-electron chi connectivity index (χ1n) is 3.17. The summed E-state index contributed by atoms with van der Waals surface area (Å²) in [5, 5.41) is 0. The molecule has 0 aromatic rings. The molecule has 48 valence electrons. The topological polar surface area (TPSA) is 0 Å². The average molecular weight is 130 g/mol. The number of hydrogen-bond acceptors (Lipinski definition) is 1. The third-order valence-electron chi connectivity index (χ3n) is 0.996. The highest BCUT2D eigenvalue weighted by Gasteiger charge is 1.74. The van der Waals surface area contributed by atoms with Crippen LogP contribution >= 0.6 is 12.6 Å². The van der Waals surface area contributed by atoms with Crippen LogP contribution in [0.5, 0.6) is 0 Å². The number of thiol groups is 1. The summed E-state index contributed by atoms with van der Waals surface area (Å²) >= 11 is 4.04. The van der Waals surface area contributed by atoms with Crippen molar-refractivity contribution in [3.63, 3.8) is 0 Å². The second-order valence-electron chi connectivity index (χ2n) is 1.80. The Bertz CT molecular complexity index is 57.4. The zero-order chi connectivity index (χ0) is 6.24. The Hall–Kier alpha value is 0.0900. The fraction of sp³-hybridized carbons (Fsp3) is 0.714. The third kappa shape index (κ3) is 6.09. The van der Waals surface area contributed by atoms with Gasteiger partial charge in [-0.05, 0) is 6.42 Å². The smallest absolute Gasteiger partial charge is 0.00825 e. The molecule has 0 spiro atoms. The Morgan fingerprint density at radius 1 is 1.38 bits per heavy atom. The standard InChI is InChI=1S/C7H14S/c1-2-3-4-5-6-7-8/h5-6,8H,2-4,7H2,1H3. The van der Waals surface area contributed by atoms with Crippen LogP contribution in [0.25, 0.3) is 0 Å². The molecule has 0 amide bonds. The Labute approximate surface area is 57.4 Å². The van der Waals surface area contributed by atoms with Crippen molar-refractivity contribution in [3.8, 4) is 0 Å². The van der Waals surface area contributed by atoms with E-state index >= 15 is 0 Å². The van der Waals surface area contributed by atoms with Crippen molar-refractivity contribution in [1.29, 1.82) is 0 Å². The summed E-state index contributed by atoms with van der Waals surface area (Å²) in [6.07, 6.45) is 8.10. The maximum atomic E-state index is 4.04. The molecule has 0 fully saturated rings. The van der Waals surface area contributed by atoms with Crippen molar-refractivity contribution in [1.82, 2.24) is 0 Å². The Morgan fingerprint density at radius 3 is 2.62 bits per heavy atom. The SMILES string of the molecule is CCCCC=CCS. The molecule has 0 aliphatic heterocycles. The zero-order valence-corrected chi connectivity index (χ0v) is 6.32. The molecule has 0 saturated heterocycles. The van der Waals surface area contributed by atoms with Crippen LogP contribution in [0, 0.1) is 0 Å². The van der Waals surface area contributed by atoms with E-state index in [4.69, 9.17) is 0 Å². The van der Waals surface area contributed by atoms with Gasteiger partial charge in [0, 0.05) is 5.75 Å². The van der Waals surface area contributed by atoms with Crippen molar-refractivity contribution in [3.05, 3.63) is 12.2 Å². The van der Waals surface area contributed by atoms with E-state index in [0.29, 0.717) is 0 Å². The minimum absolute atomic E-state index is 0.879. The molecule has 0 bridgehead atoms. The average Bonchev–Trinajstić information content (AvgIpc) is 1.81. The minimum Gasteiger partial charge on any atom is -0.175 e. The van der Waals surface area contributed by atoms with E-state index in [-0.39, 0.29) is 0 Å². The first kappa shape index (κ1) is 8.09. The first-order chi connectivity index (χ1) is 3.91. The van der Waals surface area contributed by atoms with Gasteiger partial charge < -0.3 is 0 Å². The van der Waals surface area contributed by atoms with E-state index < -0.39 is 0 Å². The van der Waals surface area contributed by atoms with E-state index in [1.54, 1.807) is 0 Å².